The monoisotopic (exact) mass is 256 g/mol. The Morgan fingerprint density at radius 2 is 1.36 bits per heavy atom. The van der Waals surface area contributed by atoms with Crippen molar-refractivity contribution < 1.29 is 0 Å². The van der Waals surface area contributed by atoms with E-state index in [2.05, 4.69) is 34.1 Å². The van der Waals surface area contributed by atoms with Gasteiger partial charge in [0.1, 0.15) is 5.62 Å². The molecule has 0 aromatic heterocycles. The second-order valence-corrected chi connectivity index (χ2v) is 15.1. The molecule has 0 atom stereocenters. The molecule has 0 aliphatic carbocycles. The molecule has 0 rings (SSSR count). The third kappa shape index (κ3) is 4.78. The van der Waals surface area contributed by atoms with Crippen LogP contribution in [0.1, 0.15) is 20.8 Å². The lowest BCUT2D eigenvalue weighted by Crippen LogP contribution is -2.12. The fraction of sp³-hybridized carbons (Fsp3) is 1.00. The maximum absolute atomic E-state index is 6.16. The molecule has 0 spiro atoms. The van der Waals surface area contributed by atoms with Gasteiger partial charge in [0.2, 0.25) is 0 Å². The summed E-state index contributed by atoms with van der Waals surface area (Å²) in [5.74, 6) is 0. The van der Waals surface area contributed by atoms with Gasteiger partial charge in [-0.3, -0.25) is 0 Å². The van der Waals surface area contributed by atoms with Crippen molar-refractivity contribution >= 4 is 26.1 Å². The van der Waals surface area contributed by atoms with E-state index < -0.39 is 14.5 Å². The predicted octanol–water partition coefficient (Wildman–Crippen LogP) is 4.54. The molecule has 14 heavy (non-hydrogen) atoms. The SMILES string of the molecule is CC[P+](C)(C)CC[P+](CC)(CC)CCl. The first-order chi connectivity index (χ1) is 6.45. The van der Waals surface area contributed by atoms with Gasteiger partial charge in [-0.15, -0.1) is 0 Å². The molecular weight excluding hydrogens is 230 g/mol. The molecule has 3 heteroatoms. The molecule has 0 N–H and O–H groups in total. The van der Waals surface area contributed by atoms with Crippen molar-refractivity contribution in [2.24, 2.45) is 0 Å². The molecule has 0 nitrogen and oxygen atoms in total. The molecule has 0 amide bonds. The summed E-state index contributed by atoms with van der Waals surface area (Å²) in [6.07, 6.45) is 6.99. The second kappa shape index (κ2) is 6.67. The normalized spacial score (nSPS) is 13.3. The van der Waals surface area contributed by atoms with Crippen LogP contribution in [0.4, 0.5) is 0 Å². The van der Waals surface area contributed by atoms with Crippen molar-refractivity contribution in [3.05, 3.63) is 0 Å². The number of alkyl halides is 1. The fourth-order valence-electron chi connectivity index (χ4n) is 1.41. The van der Waals surface area contributed by atoms with Crippen molar-refractivity contribution in [1.82, 2.24) is 0 Å². The first-order valence-electron chi connectivity index (χ1n) is 5.68. The van der Waals surface area contributed by atoms with E-state index >= 15 is 0 Å². The van der Waals surface area contributed by atoms with Crippen molar-refractivity contribution in [1.29, 1.82) is 0 Å². The van der Waals surface area contributed by atoms with Crippen LogP contribution in [0.15, 0.2) is 0 Å². The minimum Gasteiger partial charge on any atom is -0.0821 e. The van der Waals surface area contributed by atoms with Crippen LogP contribution in [0.3, 0.4) is 0 Å². The van der Waals surface area contributed by atoms with Crippen LogP contribution in [-0.4, -0.2) is 49.8 Å². The molecular formula is C11H27ClP2+2. The van der Waals surface area contributed by atoms with Crippen LogP contribution in [0.25, 0.3) is 0 Å². The van der Waals surface area contributed by atoms with Crippen LogP contribution in [0.5, 0.6) is 0 Å². The van der Waals surface area contributed by atoms with Gasteiger partial charge in [0.15, 0.2) is 0 Å². The lowest BCUT2D eigenvalue weighted by atomic mass is 10.9. The topological polar surface area (TPSA) is 0 Å². The van der Waals surface area contributed by atoms with E-state index in [1.165, 1.54) is 30.8 Å². The van der Waals surface area contributed by atoms with Crippen LogP contribution >= 0.6 is 26.1 Å². The highest BCUT2D eigenvalue weighted by Crippen LogP contribution is 2.63. The molecule has 0 saturated heterocycles. The lowest BCUT2D eigenvalue weighted by molar-refractivity contribution is 1.28. The Bertz CT molecular complexity index is 145. The van der Waals surface area contributed by atoms with Crippen molar-refractivity contribution in [2.75, 3.05) is 49.8 Å². The smallest absolute Gasteiger partial charge is 0.0821 e. The Morgan fingerprint density at radius 1 is 0.857 bits per heavy atom. The predicted molar refractivity (Wildman–Crippen MR) is 77.8 cm³/mol. The van der Waals surface area contributed by atoms with E-state index in [0.29, 0.717) is 0 Å². The summed E-state index contributed by atoms with van der Waals surface area (Å²) in [5, 5.41) is 0. The third-order valence-corrected chi connectivity index (χ3v) is 13.0. The average Bonchev–Trinajstić information content (AvgIpc) is 2.21. The zero-order valence-electron chi connectivity index (χ0n) is 10.5. The summed E-state index contributed by atoms with van der Waals surface area (Å²) >= 11 is 6.16. The molecule has 0 fully saturated rings. The summed E-state index contributed by atoms with van der Waals surface area (Å²) in [6, 6.07) is 0. The number of hydrogen-bond acceptors (Lipinski definition) is 0. The van der Waals surface area contributed by atoms with Crippen LogP contribution < -0.4 is 0 Å². The Morgan fingerprint density at radius 3 is 1.64 bits per heavy atom. The molecule has 0 aromatic rings. The van der Waals surface area contributed by atoms with Crippen molar-refractivity contribution in [2.45, 2.75) is 20.8 Å². The maximum Gasteiger partial charge on any atom is 0.132 e. The average molecular weight is 257 g/mol. The Labute approximate surface area is 96.9 Å². The van der Waals surface area contributed by atoms with Gasteiger partial charge in [-0.2, -0.15) is 0 Å². The van der Waals surface area contributed by atoms with Crippen LogP contribution in [-0.2, 0) is 0 Å². The minimum absolute atomic E-state index is 0.590. The van der Waals surface area contributed by atoms with Crippen LogP contribution in [0, 0.1) is 0 Å². The van der Waals surface area contributed by atoms with E-state index in [-0.39, 0.29) is 0 Å². The minimum atomic E-state index is -0.755. The van der Waals surface area contributed by atoms with Gasteiger partial charge in [0.05, 0.1) is 30.8 Å². The lowest BCUT2D eigenvalue weighted by Gasteiger charge is -2.24. The molecule has 0 unspecified atom stereocenters. The maximum atomic E-state index is 6.16. The van der Waals surface area contributed by atoms with Gasteiger partial charge >= 0.3 is 0 Å². The second-order valence-electron chi connectivity index (χ2n) is 4.79. The Kier molecular flexibility index (Phi) is 7.22. The number of rotatable bonds is 7. The van der Waals surface area contributed by atoms with Crippen LogP contribution in [0.2, 0.25) is 0 Å². The molecule has 86 valence electrons. The van der Waals surface area contributed by atoms with Crippen molar-refractivity contribution in [3.8, 4) is 0 Å². The summed E-state index contributed by atoms with van der Waals surface area (Å²) in [5.41, 5.74) is 0.948. The standard InChI is InChI=1S/C11H27ClP2/c1-6-13(4,5)9-10-14(7-2,8-3)11-12/h6-11H2,1-5H3/q+2. The van der Waals surface area contributed by atoms with Gasteiger partial charge in [-0.05, 0) is 20.8 Å². The van der Waals surface area contributed by atoms with E-state index in [1.807, 2.05) is 0 Å². The highest BCUT2D eigenvalue weighted by atomic mass is 35.5. The number of hydrogen-bond donors (Lipinski definition) is 0. The molecule has 0 heterocycles. The van der Waals surface area contributed by atoms with Gasteiger partial charge in [-0.25, -0.2) is 0 Å². The fourth-order valence-corrected chi connectivity index (χ4v) is 8.50. The third-order valence-electron chi connectivity index (χ3n) is 3.63. The van der Waals surface area contributed by atoms with E-state index in [1.54, 1.807) is 0 Å². The molecule has 0 bridgehead atoms. The zero-order valence-corrected chi connectivity index (χ0v) is 13.1. The number of halogens is 1. The summed E-state index contributed by atoms with van der Waals surface area (Å²) in [4.78, 5) is 0. The van der Waals surface area contributed by atoms with Gasteiger partial charge < -0.3 is 0 Å². The largest absolute Gasteiger partial charge is 0.132 e. The molecule has 0 aliphatic rings. The highest BCUT2D eigenvalue weighted by molar-refractivity contribution is 7.79. The zero-order chi connectivity index (χ0) is 11.2. The van der Waals surface area contributed by atoms with Gasteiger partial charge in [-0.1, -0.05) is 11.6 Å². The van der Waals surface area contributed by atoms with E-state index in [0.717, 1.165) is 5.62 Å². The van der Waals surface area contributed by atoms with E-state index in [9.17, 15) is 0 Å². The van der Waals surface area contributed by atoms with E-state index in [4.69, 9.17) is 11.6 Å². The quantitative estimate of drug-likeness (QED) is 0.463. The summed E-state index contributed by atoms with van der Waals surface area (Å²) in [6.45, 7) is 12.0. The Hall–Kier alpha value is 1.15. The Balaban J connectivity index is 4.19. The van der Waals surface area contributed by atoms with Crippen molar-refractivity contribution in [3.63, 3.8) is 0 Å². The molecule has 0 aliphatic heterocycles. The molecule has 0 aromatic carbocycles. The first kappa shape index (κ1) is 15.2. The highest BCUT2D eigenvalue weighted by Gasteiger charge is 2.36. The first-order valence-corrected chi connectivity index (χ1v) is 11.8. The molecule has 0 saturated carbocycles. The molecule has 0 radical (unpaired) electrons. The summed E-state index contributed by atoms with van der Waals surface area (Å²) < 4.78 is 0. The summed E-state index contributed by atoms with van der Waals surface area (Å²) in [7, 11) is -1.35. The van der Waals surface area contributed by atoms with Gasteiger partial charge in [0, 0.05) is 27.9 Å². The van der Waals surface area contributed by atoms with Gasteiger partial charge in [0.25, 0.3) is 0 Å².